The Morgan fingerprint density at radius 2 is 1.25 bits per heavy atom. The van der Waals surface area contributed by atoms with Crippen molar-refractivity contribution in [1.29, 1.82) is 0 Å². The number of carboxylic acids is 1. The van der Waals surface area contributed by atoms with Crippen LogP contribution in [0.3, 0.4) is 0 Å². The molecule has 7 heteroatoms. The minimum absolute atomic E-state index is 1.43. The van der Waals surface area contributed by atoms with Gasteiger partial charge in [-0.2, -0.15) is 22.0 Å². The predicted octanol–water partition coefficient (Wildman–Crippen LogP) is 2.94. The molecule has 0 radical (unpaired) electrons. The Labute approximate surface area is 86.3 Å². The first-order valence-corrected chi connectivity index (χ1v) is 3.94. The molecule has 0 unspecified atom stereocenters. The topological polar surface area (TPSA) is 37.3 Å². The average molecular weight is 240 g/mol. The van der Waals surface area contributed by atoms with Crippen LogP contribution in [0.15, 0.2) is 24.3 Å². The highest BCUT2D eigenvalue weighted by molar-refractivity contribution is 5.76. The van der Waals surface area contributed by atoms with Crippen molar-refractivity contribution < 1.29 is 31.9 Å². The Hall–Kier alpha value is -1.66. The summed E-state index contributed by atoms with van der Waals surface area (Å²) in [6, 6.07) is 8.48. The number of hydrogen-bond donors (Lipinski definition) is 1. The van der Waals surface area contributed by atoms with Crippen molar-refractivity contribution in [3.05, 3.63) is 24.3 Å². The third kappa shape index (κ3) is 2.12. The molecule has 16 heavy (non-hydrogen) atoms. The van der Waals surface area contributed by atoms with Gasteiger partial charge >= 0.3 is 18.1 Å². The fraction of sp³-hybridized carbons (Fsp3) is 0.222. The zero-order valence-electron chi connectivity index (χ0n) is 7.55. The molecule has 0 atom stereocenters. The Balaban J connectivity index is 0.000000176. The van der Waals surface area contributed by atoms with Crippen LogP contribution in [0.5, 0.6) is 0 Å². The normalized spacial score (nSPS) is 12.6. The van der Waals surface area contributed by atoms with Gasteiger partial charge in [-0.15, -0.1) is 0 Å². The molecule has 0 aromatic heterocycles. The largest absolute Gasteiger partial charge is 0.477 e. The molecule has 2 aliphatic carbocycles. The van der Waals surface area contributed by atoms with E-state index in [0.29, 0.717) is 0 Å². The Bertz CT molecular complexity index is 372. The lowest BCUT2D eigenvalue weighted by atomic mass is 9.95. The van der Waals surface area contributed by atoms with Gasteiger partial charge < -0.3 is 5.11 Å². The summed E-state index contributed by atoms with van der Waals surface area (Å²) in [5.74, 6) is -8.84. The van der Waals surface area contributed by atoms with Crippen LogP contribution in [-0.2, 0) is 4.79 Å². The Kier molecular flexibility index (Phi) is 2.89. The average Bonchev–Trinajstić information content (AvgIpc) is 2.10. The molecule has 1 N–H and O–H groups in total. The van der Waals surface area contributed by atoms with Gasteiger partial charge in [0, 0.05) is 0 Å². The molecule has 0 aliphatic heterocycles. The molecule has 0 saturated carbocycles. The highest BCUT2D eigenvalue weighted by Gasteiger charge is 2.64. The molecule has 88 valence electrons. The van der Waals surface area contributed by atoms with Crippen LogP contribution in [0.4, 0.5) is 22.0 Å². The number of halogens is 5. The third-order valence-corrected chi connectivity index (χ3v) is 1.84. The predicted molar refractivity (Wildman–Crippen MR) is 44.1 cm³/mol. The van der Waals surface area contributed by atoms with Gasteiger partial charge in [-0.25, -0.2) is 4.79 Å². The zero-order valence-corrected chi connectivity index (χ0v) is 7.55. The van der Waals surface area contributed by atoms with Crippen molar-refractivity contribution in [1.82, 2.24) is 0 Å². The molecule has 0 aromatic rings. The maximum absolute atomic E-state index is 11.3. The maximum atomic E-state index is 11.3. The molecule has 0 spiro atoms. The van der Waals surface area contributed by atoms with Gasteiger partial charge in [0.05, 0.1) is 0 Å². The monoisotopic (exact) mass is 240 g/mol. The van der Waals surface area contributed by atoms with E-state index in [1.54, 1.807) is 0 Å². The van der Waals surface area contributed by atoms with E-state index in [4.69, 9.17) is 5.11 Å². The summed E-state index contributed by atoms with van der Waals surface area (Å²) in [6.07, 6.45) is -6.02. The molecular weight excluding hydrogens is 235 g/mol. The highest BCUT2D eigenvalue weighted by atomic mass is 19.4. The Morgan fingerprint density at radius 1 is 0.938 bits per heavy atom. The fourth-order valence-electron chi connectivity index (χ4n) is 0.784. The number of hydrogen-bond acceptors (Lipinski definition) is 1. The van der Waals surface area contributed by atoms with Gasteiger partial charge in [0.25, 0.3) is 0 Å². The van der Waals surface area contributed by atoms with Gasteiger partial charge in [0.1, 0.15) is 0 Å². The standard InChI is InChI=1S/C6H4.C3HF5O2/c1-2-6-4-3-5(1)6;4-2(5,1(9)10)3(6,7)8/h1-4H;(H,9,10). The minimum Gasteiger partial charge on any atom is -0.477 e. The molecule has 0 heterocycles. The number of alkyl halides is 5. The number of carboxylic acid groups (broad SMARTS) is 1. The lowest BCUT2D eigenvalue weighted by molar-refractivity contribution is -0.277. The van der Waals surface area contributed by atoms with Crippen molar-refractivity contribution in [3.63, 3.8) is 0 Å². The first kappa shape index (κ1) is 12.4. The SMILES string of the molecule is O=C(O)C(F)(F)C(F)(F)F.c1cc2ccc1-2. The maximum Gasteiger partial charge on any atom is 0.465 e. The molecular formula is C9H5F5O2. The lowest BCUT2D eigenvalue weighted by Crippen LogP contribution is -2.43. The van der Waals surface area contributed by atoms with E-state index >= 15 is 0 Å². The summed E-state index contributed by atoms with van der Waals surface area (Å²) in [7, 11) is 0. The number of aliphatic carboxylic acids is 1. The van der Waals surface area contributed by atoms with Crippen molar-refractivity contribution in [3.8, 4) is 11.1 Å². The van der Waals surface area contributed by atoms with Gasteiger partial charge in [-0.3, -0.25) is 0 Å². The second-order valence-electron chi connectivity index (χ2n) is 2.95. The molecule has 0 bridgehead atoms. The summed E-state index contributed by atoms with van der Waals surface area (Å²) in [5.41, 5.74) is 2.85. The first-order chi connectivity index (χ1) is 7.16. The van der Waals surface area contributed by atoms with Crippen molar-refractivity contribution >= 4 is 5.97 Å². The molecule has 2 nitrogen and oxygen atoms in total. The molecule has 2 aliphatic rings. The smallest absolute Gasteiger partial charge is 0.465 e. The summed E-state index contributed by atoms with van der Waals surface area (Å²) in [6.45, 7) is 0. The van der Waals surface area contributed by atoms with Gasteiger partial charge in [-0.1, -0.05) is 24.3 Å². The van der Waals surface area contributed by atoms with Crippen LogP contribution in [0.1, 0.15) is 0 Å². The summed E-state index contributed by atoms with van der Waals surface area (Å²) < 4.78 is 55.5. The molecule has 0 saturated heterocycles. The van der Waals surface area contributed by atoms with Crippen molar-refractivity contribution in [2.75, 3.05) is 0 Å². The minimum atomic E-state index is -6.02. The van der Waals surface area contributed by atoms with E-state index in [1.165, 1.54) is 11.1 Å². The number of rotatable bonds is 1. The van der Waals surface area contributed by atoms with Gasteiger partial charge in [0.2, 0.25) is 0 Å². The molecule has 0 aromatic carbocycles. The van der Waals surface area contributed by atoms with Crippen LogP contribution in [0, 0.1) is 0 Å². The van der Waals surface area contributed by atoms with Crippen molar-refractivity contribution in [2.45, 2.75) is 12.1 Å². The summed E-state index contributed by atoms with van der Waals surface area (Å²) >= 11 is 0. The van der Waals surface area contributed by atoms with Crippen LogP contribution in [0.25, 0.3) is 11.1 Å². The zero-order chi connectivity index (χ0) is 12.6. The van der Waals surface area contributed by atoms with Gasteiger partial charge in [-0.05, 0) is 11.1 Å². The quantitative estimate of drug-likeness (QED) is 0.778. The van der Waals surface area contributed by atoms with E-state index in [0.717, 1.165) is 0 Å². The second kappa shape index (κ2) is 3.73. The first-order valence-electron chi connectivity index (χ1n) is 3.94. The molecule has 2 rings (SSSR count). The molecule has 0 amide bonds. The molecule has 0 fully saturated rings. The fourth-order valence-corrected chi connectivity index (χ4v) is 0.784. The van der Waals surface area contributed by atoms with Crippen LogP contribution in [0.2, 0.25) is 0 Å². The van der Waals surface area contributed by atoms with E-state index in [-0.39, 0.29) is 0 Å². The van der Waals surface area contributed by atoms with Crippen molar-refractivity contribution in [2.24, 2.45) is 0 Å². The van der Waals surface area contributed by atoms with Crippen LogP contribution >= 0.6 is 0 Å². The number of benzene rings is 1. The lowest BCUT2D eigenvalue weighted by Gasteiger charge is -2.13. The second-order valence-corrected chi connectivity index (χ2v) is 2.95. The Morgan fingerprint density at radius 3 is 1.25 bits per heavy atom. The van der Waals surface area contributed by atoms with Crippen LogP contribution < -0.4 is 0 Å². The van der Waals surface area contributed by atoms with E-state index in [1.807, 2.05) is 0 Å². The van der Waals surface area contributed by atoms with Gasteiger partial charge in [0.15, 0.2) is 0 Å². The number of fused-ring (bicyclic) bond motifs is 1. The highest BCUT2D eigenvalue weighted by Crippen LogP contribution is 2.35. The van der Waals surface area contributed by atoms with Crippen LogP contribution in [-0.4, -0.2) is 23.2 Å². The number of carbonyl (C=O) groups is 1. The third-order valence-electron chi connectivity index (χ3n) is 1.84. The van der Waals surface area contributed by atoms with E-state index < -0.39 is 18.1 Å². The van der Waals surface area contributed by atoms with E-state index in [9.17, 15) is 26.7 Å². The summed E-state index contributed by atoms with van der Waals surface area (Å²) in [4.78, 5) is 9.20. The summed E-state index contributed by atoms with van der Waals surface area (Å²) in [5, 5.41) is 7.31. The van der Waals surface area contributed by atoms with E-state index in [2.05, 4.69) is 24.3 Å².